The number of aromatic nitrogens is 2. The lowest BCUT2D eigenvalue weighted by Crippen LogP contribution is -1.99. The third-order valence-corrected chi connectivity index (χ3v) is 3.53. The highest BCUT2D eigenvalue weighted by Crippen LogP contribution is 2.26. The first-order valence-electron chi connectivity index (χ1n) is 7.51. The smallest absolute Gasteiger partial charge is 0.120 e. The van der Waals surface area contributed by atoms with Gasteiger partial charge in [-0.15, -0.1) is 0 Å². The number of aliphatic hydroxyl groups is 1. The summed E-state index contributed by atoms with van der Waals surface area (Å²) in [6, 6.07) is 21.4. The molecule has 0 fully saturated rings. The highest BCUT2D eigenvalue weighted by Gasteiger charge is 2.10. The molecule has 0 saturated heterocycles. The summed E-state index contributed by atoms with van der Waals surface area (Å²) in [6.07, 6.45) is 6.02. The van der Waals surface area contributed by atoms with Crippen LogP contribution in [0, 0.1) is 0 Å². The molecule has 3 aromatic rings. The molecule has 0 radical (unpaired) electrons. The van der Waals surface area contributed by atoms with Crippen LogP contribution in [0.4, 0.5) is 0 Å². The maximum Gasteiger partial charge on any atom is 0.120 e. The van der Waals surface area contributed by atoms with E-state index in [1.807, 2.05) is 0 Å². The van der Waals surface area contributed by atoms with Crippen molar-refractivity contribution in [3.05, 3.63) is 90.5 Å². The minimum atomic E-state index is 0.0139. The molecule has 4 heteroatoms. The van der Waals surface area contributed by atoms with Gasteiger partial charge in [0.1, 0.15) is 14.6 Å². The highest BCUT2D eigenvalue weighted by molar-refractivity contribution is 6.09. The van der Waals surface area contributed by atoms with Gasteiger partial charge in [0, 0.05) is 18.3 Å². The van der Waals surface area contributed by atoms with Crippen molar-refractivity contribution in [2.24, 2.45) is 0 Å². The Morgan fingerprint density at radius 2 is 1.50 bits per heavy atom. The van der Waals surface area contributed by atoms with E-state index >= 15 is 0 Å². The first-order chi connectivity index (χ1) is 10.8. The van der Waals surface area contributed by atoms with Crippen LogP contribution in [0.2, 0.25) is 6.32 Å². The van der Waals surface area contributed by atoms with Crippen LogP contribution >= 0.6 is 0 Å². The van der Waals surface area contributed by atoms with Crippen molar-refractivity contribution in [1.82, 2.24) is 9.55 Å². The van der Waals surface area contributed by atoms with E-state index in [0.29, 0.717) is 5.92 Å². The quantitative estimate of drug-likeness (QED) is 0.751. The Morgan fingerprint density at radius 3 is 1.82 bits per heavy atom. The number of nitrogens with zero attached hydrogens (tertiary/aromatic N) is 2. The topological polar surface area (TPSA) is 38.0 Å². The molecule has 1 aromatic heterocycles. The van der Waals surface area contributed by atoms with E-state index in [2.05, 4.69) is 73.5 Å². The second-order valence-corrected chi connectivity index (χ2v) is 5.00. The Bertz CT molecular complexity index is 587. The van der Waals surface area contributed by atoms with Gasteiger partial charge in [-0.05, 0) is 11.1 Å². The van der Waals surface area contributed by atoms with E-state index in [1.165, 1.54) is 11.1 Å². The van der Waals surface area contributed by atoms with E-state index in [9.17, 15) is 0 Å². The number of hydrogen-bond donors (Lipinski definition) is 1. The van der Waals surface area contributed by atoms with Gasteiger partial charge < -0.3 is 9.67 Å². The molecule has 0 aliphatic rings. The fourth-order valence-electron chi connectivity index (χ4n) is 2.40. The Kier molecular flexibility index (Phi) is 6.46. The summed E-state index contributed by atoms with van der Waals surface area (Å²) in [5, 5.41) is 8.35. The van der Waals surface area contributed by atoms with Gasteiger partial charge in [-0.1, -0.05) is 67.0 Å². The molecule has 22 heavy (non-hydrogen) atoms. The molecule has 0 aliphatic carbocycles. The van der Waals surface area contributed by atoms with Crippen LogP contribution in [0.15, 0.2) is 79.4 Å². The summed E-state index contributed by atoms with van der Waals surface area (Å²) in [5.41, 5.74) is 2.82. The lowest BCUT2D eigenvalue weighted by Gasteiger charge is -2.15. The molecule has 112 valence electrons. The zero-order valence-corrected chi connectivity index (χ0v) is 12.8. The molecule has 1 N–H and O–H groups in total. The first-order valence-corrected chi connectivity index (χ1v) is 7.51. The van der Waals surface area contributed by atoms with Crippen molar-refractivity contribution < 1.29 is 5.11 Å². The second kappa shape index (κ2) is 8.85. The standard InChI is InChI=1S/C14H15B.C4H6N2O/c15-11-14(12-7-3-1-4-8-12)13-9-5-2-6-10-13;7-4-6-2-1-5-3-6/h1-10,14H,11,15H2;1-3,7H,4H2. The Morgan fingerprint density at radius 1 is 0.955 bits per heavy atom. The van der Waals surface area contributed by atoms with Crippen molar-refractivity contribution in [2.75, 3.05) is 0 Å². The van der Waals surface area contributed by atoms with Crippen LogP contribution < -0.4 is 0 Å². The fraction of sp³-hybridized carbons (Fsp3) is 0.167. The van der Waals surface area contributed by atoms with Gasteiger partial charge >= 0.3 is 0 Å². The fourth-order valence-corrected chi connectivity index (χ4v) is 2.40. The van der Waals surface area contributed by atoms with Crippen molar-refractivity contribution in [2.45, 2.75) is 19.0 Å². The molecule has 0 aliphatic heterocycles. The van der Waals surface area contributed by atoms with Crippen LogP contribution in [0.25, 0.3) is 0 Å². The molecule has 1 heterocycles. The van der Waals surface area contributed by atoms with Gasteiger partial charge in [-0.25, -0.2) is 4.98 Å². The van der Waals surface area contributed by atoms with Gasteiger partial charge in [0.15, 0.2) is 0 Å². The summed E-state index contributed by atoms with van der Waals surface area (Å²) < 4.78 is 1.57. The molecular weight excluding hydrogens is 271 g/mol. The molecule has 3 nitrogen and oxygen atoms in total. The average molecular weight is 292 g/mol. The predicted molar refractivity (Wildman–Crippen MR) is 92.5 cm³/mol. The lowest BCUT2D eigenvalue weighted by molar-refractivity contribution is 0.210. The molecule has 0 saturated carbocycles. The van der Waals surface area contributed by atoms with Crippen LogP contribution in [0.5, 0.6) is 0 Å². The normalized spacial score (nSPS) is 10.1. The van der Waals surface area contributed by atoms with Crippen molar-refractivity contribution in [3.8, 4) is 0 Å². The molecule has 2 aromatic carbocycles. The number of imidazole rings is 1. The largest absolute Gasteiger partial charge is 0.376 e. The lowest BCUT2D eigenvalue weighted by atomic mass is 9.81. The van der Waals surface area contributed by atoms with E-state index in [1.54, 1.807) is 23.3 Å². The van der Waals surface area contributed by atoms with Crippen molar-refractivity contribution >= 4 is 7.85 Å². The van der Waals surface area contributed by atoms with Gasteiger partial charge in [-0.3, -0.25) is 0 Å². The Labute approximate surface area is 132 Å². The van der Waals surface area contributed by atoms with Crippen LogP contribution in [-0.2, 0) is 6.73 Å². The summed E-state index contributed by atoms with van der Waals surface area (Å²) in [6.45, 7) is 0.0139. The van der Waals surface area contributed by atoms with Crippen LogP contribution in [0.3, 0.4) is 0 Å². The van der Waals surface area contributed by atoms with E-state index < -0.39 is 0 Å². The minimum absolute atomic E-state index is 0.0139. The minimum Gasteiger partial charge on any atom is -0.376 e. The van der Waals surface area contributed by atoms with Gasteiger partial charge in [0.2, 0.25) is 0 Å². The third kappa shape index (κ3) is 4.60. The number of rotatable bonds is 4. The summed E-state index contributed by atoms with van der Waals surface area (Å²) in [7, 11) is 2.24. The molecular formula is C18H21BN2O. The average Bonchev–Trinajstić information content (AvgIpc) is 3.12. The maximum atomic E-state index is 8.35. The van der Waals surface area contributed by atoms with Gasteiger partial charge in [-0.2, -0.15) is 0 Å². The number of hydrogen-bond acceptors (Lipinski definition) is 2. The summed E-state index contributed by atoms with van der Waals surface area (Å²) in [5.74, 6) is 0.535. The SMILES string of the molecule is BCC(c1ccccc1)c1ccccc1.OCn1ccnc1. The molecule has 3 rings (SSSR count). The van der Waals surface area contributed by atoms with E-state index in [4.69, 9.17) is 5.11 Å². The van der Waals surface area contributed by atoms with Crippen LogP contribution in [0.1, 0.15) is 17.0 Å². The molecule has 0 unspecified atom stereocenters. The van der Waals surface area contributed by atoms with Gasteiger partial charge in [0.05, 0.1) is 6.33 Å². The Balaban J connectivity index is 0.000000211. The molecule has 0 spiro atoms. The van der Waals surface area contributed by atoms with Crippen molar-refractivity contribution in [1.29, 1.82) is 0 Å². The Hall–Kier alpha value is -2.33. The maximum absolute atomic E-state index is 8.35. The number of benzene rings is 2. The third-order valence-electron chi connectivity index (χ3n) is 3.53. The molecule has 0 amide bonds. The number of aliphatic hydroxyl groups excluding tert-OH is 1. The second-order valence-electron chi connectivity index (χ2n) is 5.00. The zero-order valence-electron chi connectivity index (χ0n) is 12.8. The first kappa shape index (κ1) is 16.1. The van der Waals surface area contributed by atoms with Gasteiger partial charge in [0.25, 0.3) is 0 Å². The molecule has 0 bridgehead atoms. The monoisotopic (exact) mass is 292 g/mol. The highest BCUT2D eigenvalue weighted by atomic mass is 16.3. The summed E-state index contributed by atoms with van der Waals surface area (Å²) >= 11 is 0. The molecule has 0 atom stereocenters. The van der Waals surface area contributed by atoms with E-state index in [0.717, 1.165) is 6.32 Å². The zero-order chi connectivity index (χ0) is 15.6. The summed E-state index contributed by atoms with van der Waals surface area (Å²) in [4.78, 5) is 3.70. The van der Waals surface area contributed by atoms with Crippen molar-refractivity contribution in [3.63, 3.8) is 0 Å². The van der Waals surface area contributed by atoms with E-state index in [-0.39, 0.29) is 6.73 Å². The predicted octanol–water partition coefficient (Wildman–Crippen LogP) is 2.70. The van der Waals surface area contributed by atoms with Crippen LogP contribution in [-0.4, -0.2) is 22.5 Å².